The first-order valence-corrected chi connectivity index (χ1v) is 8.72. The molecule has 0 atom stereocenters. The standard InChI is InChI=1S/C20H18N2O8/c1-27-16-9-12(5-6-15(16)30-11-17(23)28-2)8-14-18(24)21-20(26)22(19(14)25)10-13-4-3-7-29-13/h3-9H,10-11H2,1-2H3,(H,21,24,26). The number of furan rings is 1. The van der Waals surface area contributed by atoms with Crippen LogP contribution in [0.25, 0.3) is 6.08 Å². The molecule has 4 amide bonds. The molecule has 1 saturated heterocycles. The Kier molecular flexibility index (Phi) is 6.16. The van der Waals surface area contributed by atoms with E-state index >= 15 is 0 Å². The summed E-state index contributed by atoms with van der Waals surface area (Å²) in [6.07, 6.45) is 2.74. The van der Waals surface area contributed by atoms with Gasteiger partial charge in [0.2, 0.25) is 0 Å². The second-order valence-corrected chi connectivity index (χ2v) is 6.06. The highest BCUT2D eigenvalue weighted by molar-refractivity contribution is 6.30. The summed E-state index contributed by atoms with van der Waals surface area (Å²) in [4.78, 5) is 49.1. The highest BCUT2D eigenvalue weighted by Crippen LogP contribution is 2.29. The number of esters is 1. The van der Waals surface area contributed by atoms with Crippen molar-refractivity contribution in [1.82, 2.24) is 10.2 Å². The number of urea groups is 1. The Balaban J connectivity index is 1.84. The van der Waals surface area contributed by atoms with E-state index < -0.39 is 23.8 Å². The van der Waals surface area contributed by atoms with E-state index in [1.165, 1.54) is 38.7 Å². The minimum absolute atomic E-state index is 0.119. The van der Waals surface area contributed by atoms with Crippen LogP contribution in [-0.4, -0.2) is 49.5 Å². The lowest BCUT2D eigenvalue weighted by molar-refractivity contribution is -0.143. The molecule has 1 fully saturated rings. The van der Waals surface area contributed by atoms with E-state index in [4.69, 9.17) is 13.9 Å². The summed E-state index contributed by atoms with van der Waals surface area (Å²) in [7, 11) is 2.64. The van der Waals surface area contributed by atoms with Gasteiger partial charge in [-0.05, 0) is 35.9 Å². The number of barbiturate groups is 1. The van der Waals surface area contributed by atoms with Crippen LogP contribution in [0.1, 0.15) is 11.3 Å². The van der Waals surface area contributed by atoms with Crippen LogP contribution in [0.2, 0.25) is 0 Å². The Morgan fingerprint density at radius 3 is 2.63 bits per heavy atom. The van der Waals surface area contributed by atoms with Crippen LogP contribution in [0.4, 0.5) is 4.79 Å². The molecule has 1 aromatic carbocycles. The maximum Gasteiger partial charge on any atom is 0.343 e. The summed E-state index contributed by atoms with van der Waals surface area (Å²) >= 11 is 0. The van der Waals surface area contributed by atoms with Gasteiger partial charge in [0.25, 0.3) is 11.8 Å². The van der Waals surface area contributed by atoms with Gasteiger partial charge in [-0.1, -0.05) is 6.07 Å². The van der Waals surface area contributed by atoms with Crippen LogP contribution < -0.4 is 14.8 Å². The van der Waals surface area contributed by atoms with Crippen LogP contribution >= 0.6 is 0 Å². The molecule has 0 unspecified atom stereocenters. The van der Waals surface area contributed by atoms with Crippen molar-refractivity contribution in [3.63, 3.8) is 0 Å². The van der Waals surface area contributed by atoms with Crippen molar-refractivity contribution in [2.45, 2.75) is 6.54 Å². The molecule has 0 spiro atoms. The Morgan fingerprint density at radius 1 is 1.17 bits per heavy atom. The van der Waals surface area contributed by atoms with Gasteiger partial charge < -0.3 is 18.6 Å². The van der Waals surface area contributed by atoms with Crippen LogP contribution in [0.3, 0.4) is 0 Å². The number of hydrogen-bond donors (Lipinski definition) is 1. The number of carbonyl (C=O) groups excluding carboxylic acids is 4. The normalized spacial score (nSPS) is 15.2. The zero-order valence-electron chi connectivity index (χ0n) is 16.2. The largest absolute Gasteiger partial charge is 0.493 e. The number of methoxy groups -OCH3 is 2. The summed E-state index contributed by atoms with van der Waals surface area (Å²) in [5, 5.41) is 2.13. The van der Waals surface area contributed by atoms with E-state index in [9.17, 15) is 19.2 Å². The molecule has 0 radical (unpaired) electrons. The lowest BCUT2D eigenvalue weighted by Crippen LogP contribution is -2.53. The average molecular weight is 414 g/mol. The summed E-state index contributed by atoms with van der Waals surface area (Å²) in [5.41, 5.74) is 0.217. The predicted octanol–water partition coefficient (Wildman–Crippen LogP) is 1.50. The highest BCUT2D eigenvalue weighted by atomic mass is 16.6. The third-order valence-electron chi connectivity index (χ3n) is 4.15. The molecule has 0 bridgehead atoms. The number of imide groups is 2. The zero-order valence-corrected chi connectivity index (χ0v) is 16.2. The van der Waals surface area contributed by atoms with Crippen molar-refractivity contribution < 1.29 is 37.8 Å². The molecule has 1 aromatic heterocycles. The average Bonchev–Trinajstić information content (AvgIpc) is 3.26. The second-order valence-electron chi connectivity index (χ2n) is 6.06. The number of benzene rings is 1. The van der Waals surface area contributed by atoms with Gasteiger partial charge in [-0.15, -0.1) is 0 Å². The van der Waals surface area contributed by atoms with E-state index in [0.717, 1.165) is 4.90 Å². The van der Waals surface area contributed by atoms with Crippen molar-refractivity contribution in [3.05, 3.63) is 53.5 Å². The van der Waals surface area contributed by atoms with Crippen molar-refractivity contribution in [2.24, 2.45) is 0 Å². The van der Waals surface area contributed by atoms with Crippen LogP contribution in [0.15, 0.2) is 46.6 Å². The summed E-state index contributed by atoms with van der Waals surface area (Å²) in [6.45, 7) is -0.427. The Morgan fingerprint density at radius 2 is 1.97 bits per heavy atom. The number of nitrogens with zero attached hydrogens (tertiary/aromatic N) is 1. The fourth-order valence-electron chi connectivity index (χ4n) is 2.65. The molecule has 1 N–H and O–H groups in total. The molecule has 2 aromatic rings. The third kappa shape index (κ3) is 4.49. The van der Waals surface area contributed by atoms with Crippen LogP contribution in [-0.2, 0) is 25.7 Å². The number of carbonyl (C=O) groups is 4. The molecule has 30 heavy (non-hydrogen) atoms. The van der Waals surface area contributed by atoms with E-state index in [2.05, 4.69) is 10.1 Å². The summed E-state index contributed by atoms with van der Waals surface area (Å²) < 4.78 is 20.2. The highest BCUT2D eigenvalue weighted by Gasteiger charge is 2.36. The summed E-state index contributed by atoms with van der Waals surface area (Å²) in [6, 6.07) is 7.01. The number of nitrogens with one attached hydrogen (secondary N) is 1. The minimum atomic E-state index is -0.831. The quantitative estimate of drug-likeness (QED) is 0.411. The smallest absolute Gasteiger partial charge is 0.343 e. The van der Waals surface area contributed by atoms with Gasteiger partial charge >= 0.3 is 12.0 Å². The van der Waals surface area contributed by atoms with Crippen molar-refractivity contribution >= 4 is 29.9 Å². The Labute approximate surface area is 171 Å². The molecule has 1 aliphatic heterocycles. The van der Waals surface area contributed by atoms with Crippen molar-refractivity contribution in [1.29, 1.82) is 0 Å². The molecule has 156 valence electrons. The van der Waals surface area contributed by atoms with E-state index in [1.807, 2.05) is 0 Å². The maximum absolute atomic E-state index is 12.7. The van der Waals surface area contributed by atoms with E-state index in [0.29, 0.717) is 11.3 Å². The molecule has 10 heteroatoms. The van der Waals surface area contributed by atoms with Gasteiger partial charge in [-0.2, -0.15) is 0 Å². The number of rotatable bonds is 7. The molecular formula is C20H18N2O8. The topological polar surface area (TPSA) is 124 Å². The molecule has 0 aliphatic carbocycles. The minimum Gasteiger partial charge on any atom is -0.493 e. The third-order valence-corrected chi connectivity index (χ3v) is 4.15. The first-order chi connectivity index (χ1) is 14.4. The van der Waals surface area contributed by atoms with Gasteiger partial charge in [0.1, 0.15) is 11.3 Å². The number of ether oxygens (including phenoxy) is 3. The van der Waals surface area contributed by atoms with Gasteiger partial charge in [-0.3, -0.25) is 19.8 Å². The predicted molar refractivity (Wildman–Crippen MR) is 101 cm³/mol. The fraction of sp³-hybridized carbons (Fsp3) is 0.200. The monoisotopic (exact) mass is 414 g/mol. The second kappa shape index (κ2) is 8.95. The lowest BCUT2D eigenvalue weighted by atomic mass is 10.1. The lowest BCUT2D eigenvalue weighted by Gasteiger charge is -2.25. The molecule has 1 aliphatic rings. The Bertz CT molecular complexity index is 1010. The number of amides is 4. The summed E-state index contributed by atoms with van der Waals surface area (Å²) in [5.74, 6) is -1.19. The van der Waals surface area contributed by atoms with Gasteiger partial charge in [0.05, 0.1) is 27.0 Å². The first-order valence-electron chi connectivity index (χ1n) is 8.72. The fourth-order valence-corrected chi connectivity index (χ4v) is 2.65. The van der Waals surface area contributed by atoms with Crippen LogP contribution in [0, 0.1) is 0 Å². The van der Waals surface area contributed by atoms with Gasteiger partial charge in [0, 0.05) is 0 Å². The molecule has 3 rings (SSSR count). The van der Waals surface area contributed by atoms with E-state index in [1.54, 1.807) is 18.2 Å². The van der Waals surface area contributed by atoms with Crippen LogP contribution in [0.5, 0.6) is 11.5 Å². The van der Waals surface area contributed by atoms with Crippen molar-refractivity contribution in [2.75, 3.05) is 20.8 Å². The molecular weight excluding hydrogens is 396 g/mol. The zero-order chi connectivity index (χ0) is 21.7. The van der Waals surface area contributed by atoms with Crippen molar-refractivity contribution in [3.8, 4) is 11.5 Å². The van der Waals surface area contributed by atoms with Gasteiger partial charge in [0.15, 0.2) is 18.1 Å². The molecule has 10 nitrogen and oxygen atoms in total. The number of hydrogen-bond acceptors (Lipinski definition) is 8. The first kappa shape index (κ1) is 20.6. The SMILES string of the molecule is COC(=O)COc1ccc(C=C2C(=O)NC(=O)N(Cc3ccco3)C2=O)cc1OC. The Hall–Kier alpha value is -4.08. The molecule has 2 heterocycles. The molecule has 0 saturated carbocycles. The van der Waals surface area contributed by atoms with Gasteiger partial charge in [-0.25, -0.2) is 9.59 Å². The van der Waals surface area contributed by atoms with E-state index in [-0.39, 0.29) is 30.2 Å². The maximum atomic E-state index is 12.7.